The highest BCUT2D eigenvalue weighted by molar-refractivity contribution is 7.59. The lowest BCUT2D eigenvalue weighted by Crippen LogP contribution is -1.99. The van der Waals surface area contributed by atoms with E-state index >= 15 is 0 Å². The molecule has 0 fully saturated rings. The SMILES string of the molecule is C=CP(=O)(O[SiH2]C=C(C)C)O[SiH2]C=C(C)C. The van der Waals surface area contributed by atoms with Gasteiger partial charge in [-0.3, -0.25) is 4.57 Å². The zero-order valence-corrected chi connectivity index (χ0v) is 14.2. The molecule has 0 aromatic carbocycles. The fraction of sp³-hybridized carbons (Fsp3) is 0.400. The van der Waals surface area contributed by atoms with Gasteiger partial charge in [0.2, 0.25) is 0 Å². The lowest BCUT2D eigenvalue weighted by Gasteiger charge is -2.13. The van der Waals surface area contributed by atoms with E-state index in [1.807, 2.05) is 39.1 Å². The van der Waals surface area contributed by atoms with Crippen molar-refractivity contribution in [3.8, 4) is 0 Å². The molecular weight excluding hydrogens is 255 g/mol. The second-order valence-corrected chi connectivity index (χ2v) is 8.87. The van der Waals surface area contributed by atoms with Gasteiger partial charge in [0.05, 0.1) is 0 Å². The maximum Gasteiger partial charge on any atom is 0.333 e. The van der Waals surface area contributed by atoms with E-state index in [0.717, 1.165) is 0 Å². The van der Waals surface area contributed by atoms with Crippen molar-refractivity contribution in [1.29, 1.82) is 0 Å². The van der Waals surface area contributed by atoms with Crippen LogP contribution in [0, 0.1) is 0 Å². The fourth-order valence-electron chi connectivity index (χ4n) is 0.758. The highest BCUT2D eigenvalue weighted by Gasteiger charge is 2.17. The Morgan fingerprint density at radius 2 is 1.44 bits per heavy atom. The summed E-state index contributed by atoms with van der Waals surface area (Å²) in [6, 6.07) is 0. The first-order valence-electron chi connectivity index (χ1n) is 5.19. The van der Waals surface area contributed by atoms with Gasteiger partial charge in [-0.2, -0.15) is 0 Å². The smallest absolute Gasteiger partial charge is 0.333 e. The van der Waals surface area contributed by atoms with E-state index in [4.69, 9.17) is 8.43 Å². The Bertz CT molecular complexity index is 303. The van der Waals surface area contributed by atoms with Crippen LogP contribution in [0.2, 0.25) is 0 Å². The van der Waals surface area contributed by atoms with Crippen molar-refractivity contribution in [3.63, 3.8) is 0 Å². The number of hydrogen-bond donors (Lipinski definition) is 0. The van der Waals surface area contributed by atoms with Crippen LogP contribution in [0.15, 0.2) is 34.9 Å². The van der Waals surface area contributed by atoms with Crippen molar-refractivity contribution in [2.45, 2.75) is 27.7 Å². The summed E-state index contributed by atoms with van der Waals surface area (Å²) in [7, 11) is -4.85. The first-order chi connectivity index (χ1) is 7.39. The molecule has 0 spiro atoms. The van der Waals surface area contributed by atoms with Crippen LogP contribution in [0.5, 0.6) is 0 Å². The maximum absolute atomic E-state index is 12.0. The summed E-state index contributed by atoms with van der Waals surface area (Å²) in [6.07, 6.45) is 0. The van der Waals surface area contributed by atoms with Crippen LogP contribution >= 0.6 is 7.60 Å². The molecule has 0 bridgehead atoms. The Balaban J connectivity index is 4.22. The molecule has 0 aromatic rings. The standard InChI is InChI=1S/C10H21O3PSi2/c1-6-14(11,12-15-7-9(2)3)13-16-8-10(4)5/h6-8H,1,15-16H2,2-5H3. The monoisotopic (exact) mass is 276 g/mol. The topological polar surface area (TPSA) is 35.5 Å². The molecule has 0 saturated heterocycles. The van der Waals surface area contributed by atoms with Gasteiger partial charge in [0.1, 0.15) is 0 Å². The molecule has 0 aromatic heterocycles. The molecule has 0 saturated carbocycles. The van der Waals surface area contributed by atoms with Gasteiger partial charge in [-0.1, -0.05) is 29.1 Å². The van der Waals surface area contributed by atoms with Crippen molar-refractivity contribution < 1.29 is 13.0 Å². The molecule has 0 amide bonds. The Labute approximate surface area is 103 Å². The average Bonchev–Trinajstić information content (AvgIpc) is 2.16. The van der Waals surface area contributed by atoms with E-state index in [1.165, 1.54) is 17.0 Å². The molecule has 0 radical (unpaired) electrons. The zero-order valence-electron chi connectivity index (χ0n) is 10.5. The number of rotatable bonds is 7. The van der Waals surface area contributed by atoms with Crippen LogP contribution in [0.25, 0.3) is 0 Å². The van der Waals surface area contributed by atoms with Crippen molar-refractivity contribution in [1.82, 2.24) is 0 Å². The van der Waals surface area contributed by atoms with Gasteiger partial charge in [-0.25, -0.2) is 0 Å². The van der Waals surface area contributed by atoms with Gasteiger partial charge in [-0.05, 0) is 27.7 Å². The van der Waals surface area contributed by atoms with Gasteiger partial charge in [0.25, 0.3) is 0 Å². The first-order valence-corrected chi connectivity index (χ1v) is 9.58. The molecule has 3 nitrogen and oxygen atoms in total. The van der Waals surface area contributed by atoms with E-state index in [1.54, 1.807) is 0 Å². The Kier molecular flexibility index (Phi) is 7.88. The van der Waals surface area contributed by atoms with Crippen molar-refractivity contribution in [2.24, 2.45) is 0 Å². The van der Waals surface area contributed by atoms with Crippen molar-refractivity contribution in [3.05, 3.63) is 34.9 Å². The lowest BCUT2D eigenvalue weighted by molar-refractivity contribution is 0.420. The minimum Gasteiger partial charge on any atom is -0.351 e. The van der Waals surface area contributed by atoms with E-state index in [0.29, 0.717) is 0 Å². The Morgan fingerprint density at radius 3 is 1.69 bits per heavy atom. The van der Waals surface area contributed by atoms with Crippen LogP contribution in [0.1, 0.15) is 27.7 Å². The van der Waals surface area contributed by atoms with Gasteiger partial charge in [0.15, 0.2) is 19.5 Å². The number of hydrogen-bond acceptors (Lipinski definition) is 3. The largest absolute Gasteiger partial charge is 0.351 e. The summed E-state index contributed by atoms with van der Waals surface area (Å²) in [4.78, 5) is 0. The van der Waals surface area contributed by atoms with E-state index in [2.05, 4.69) is 6.58 Å². The van der Waals surface area contributed by atoms with Crippen LogP contribution in [0.3, 0.4) is 0 Å². The second kappa shape index (κ2) is 7.98. The van der Waals surface area contributed by atoms with Crippen LogP contribution in [-0.2, 0) is 13.0 Å². The van der Waals surface area contributed by atoms with E-state index in [-0.39, 0.29) is 0 Å². The van der Waals surface area contributed by atoms with Crippen LogP contribution in [0.4, 0.5) is 0 Å². The first kappa shape index (κ1) is 15.8. The quantitative estimate of drug-likeness (QED) is 0.529. The molecular formula is C10H21O3PSi2. The molecule has 0 aliphatic rings. The second-order valence-electron chi connectivity index (χ2n) is 3.88. The molecule has 16 heavy (non-hydrogen) atoms. The Hall–Kier alpha value is -0.196. The third-order valence-corrected chi connectivity index (χ3v) is 8.20. The van der Waals surface area contributed by atoms with Gasteiger partial charge in [-0.15, -0.1) is 0 Å². The molecule has 0 N–H and O–H groups in total. The fourth-order valence-corrected chi connectivity index (χ4v) is 5.50. The highest BCUT2D eigenvalue weighted by atomic mass is 31.2. The summed E-state index contributed by atoms with van der Waals surface area (Å²) in [6.45, 7) is 11.5. The lowest BCUT2D eigenvalue weighted by atomic mass is 10.4. The zero-order chi connectivity index (χ0) is 12.6. The normalized spacial score (nSPS) is 15.2. The third-order valence-electron chi connectivity index (χ3n) is 1.72. The molecule has 0 aliphatic heterocycles. The van der Waals surface area contributed by atoms with E-state index < -0.39 is 27.1 Å². The minimum absolute atomic E-state index is 0.919. The van der Waals surface area contributed by atoms with Gasteiger partial charge < -0.3 is 8.43 Å². The van der Waals surface area contributed by atoms with E-state index in [9.17, 15) is 4.57 Å². The van der Waals surface area contributed by atoms with Crippen LogP contribution < -0.4 is 0 Å². The number of allylic oxidation sites excluding steroid dienone is 2. The molecule has 0 rings (SSSR count). The summed E-state index contributed by atoms with van der Waals surface area (Å²) in [5, 5.41) is 0. The molecule has 92 valence electrons. The van der Waals surface area contributed by atoms with Crippen molar-refractivity contribution >= 4 is 27.1 Å². The molecule has 0 unspecified atom stereocenters. The molecule has 0 aliphatic carbocycles. The minimum atomic E-state index is -3.01. The van der Waals surface area contributed by atoms with Gasteiger partial charge >= 0.3 is 7.60 Å². The van der Waals surface area contributed by atoms with Gasteiger partial charge in [0, 0.05) is 5.82 Å². The third kappa shape index (κ3) is 8.01. The molecule has 0 atom stereocenters. The summed E-state index contributed by atoms with van der Waals surface area (Å²) in [5.74, 6) is 1.31. The molecule has 6 heteroatoms. The summed E-state index contributed by atoms with van der Waals surface area (Å²) < 4.78 is 22.7. The predicted octanol–water partition coefficient (Wildman–Crippen LogP) is 2.37. The van der Waals surface area contributed by atoms with Crippen molar-refractivity contribution in [2.75, 3.05) is 0 Å². The van der Waals surface area contributed by atoms with Crippen LogP contribution in [-0.4, -0.2) is 19.5 Å². The highest BCUT2D eigenvalue weighted by Crippen LogP contribution is 2.48. The summed E-state index contributed by atoms with van der Waals surface area (Å²) in [5.41, 5.74) is 6.37. The molecule has 0 heterocycles. The summed E-state index contributed by atoms with van der Waals surface area (Å²) >= 11 is 0. The Morgan fingerprint density at radius 1 is 1.06 bits per heavy atom. The maximum atomic E-state index is 12.0. The average molecular weight is 276 g/mol. The predicted molar refractivity (Wildman–Crippen MR) is 75.9 cm³/mol.